The molecule has 0 aliphatic carbocycles. The zero-order valence-corrected chi connectivity index (χ0v) is 12.9. The molecule has 8 heteroatoms. The molecule has 1 aliphatic heterocycles. The quantitative estimate of drug-likeness (QED) is 0.449. The predicted molar refractivity (Wildman–Crippen MR) is 81.0 cm³/mol. The summed E-state index contributed by atoms with van der Waals surface area (Å²) in [7, 11) is 1.61. The fraction of sp³-hybridized carbons (Fsp3) is 0.400. The fourth-order valence-corrected chi connectivity index (χ4v) is 2.31. The number of unbranched alkanes of at least 4 members (excludes halogenated alkanes) is 1. The van der Waals surface area contributed by atoms with Crippen LogP contribution in [0.15, 0.2) is 18.2 Å². The highest BCUT2D eigenvalue weighted by Gasteiger charge is 2.38. The molecule has 0 atom stereocenters. The Kier molecular flexibility index (Phi) is 4.73. The van der Waals surface area contributed by atoms with E-state index >= 15 is 0 Å². The molecule has 3 amide bonds. The first kappa shape index (κ1) is 16.6. The van der Waals surface area contributed by atoms with Crippen LogP contribution in [0.3, 0.4) is 0 Å². The first-order chi connectivity index (χ1) is 10.9. The van der Waals surface area contributed by atoms with Gasteiger partial charge in [0.15, 0.2) is 0 Å². The standard InChI is InChI=1S/C15H17N3O5/c1-3-4-7-16(2)13(19)9-17-14(20)11-6-5-10(18(22)23)8-12(11)15(17)21/h5-6,8H,3-4,7,9H2,1-2H3. The fourth-order valence-electron chi connectivity index (χ4n) is 2.31. The Morgan fingerprint density at radius 3 is 2.52 bits per heavy atom. The van der Waals surface area contributed by atoms with Crippen LogP contribution in [0.4, 0.5) is 5.69 Å². The molecule has 122 valence electrons. The smallest absolute Gasteiger partial charge is 0.270 e. The average Bonchev–Trinajstić information content (AvgIpc) is 2.77. The van der Waals surface area contributed by atoms with Crippen LogP contribution in [0.1, 0.15) is 40.5 Å². The van der Waals surface area contributed by atoms with Crippen molar-refractivity contribution in [3.05, 3.63) is 39.4 Å². The molecular weight excluding hydrogens is 302 g/mol. The summed E-state index contributed by atoms with van der Waals surface area (Å²) >= 11 is 0. The van der Waals surface area contributed by atoms with Crippen molar-refractivity contribution < 1.29 is 19.3 Å². The number of likely N-dealkylation sites (N-methyl/N-ethyl adjacent to an activating group) is 1. The molecular formula is C15H17N3O5. The first-order valence-corrected chi connectivity index (χ1v) is 7.25. The number of nitro benzene ring substituents is 1. The van der Waals surface area contributed by atoms with E-state index in [4.69, 9.17) is 0 Å². The highest BCUT2D eigenvalue weighted by atomic mass is 16.6. The van der Waals surface area contributed by atoms with Crippen LogP contribution in [-0.4, -0.2) is 52.6 Å². The van der Waals surface area contributed by atoms with Crippen LogP contribution in [0.25, 0.3) is 0 Å². The van der Waals surface area contributed by atoms with Gasteiger partial charge in [0.1, 0.15) is 6.54 Å². The summed E-state index contributed by atoms with van der Waals surface area (Å²) < 4.78 is 0. The van der Waals surface area contributed by atoms with E-state index in [0.717, 1.165) is 23.8 Å². The highest BCUT2D eigenvalue weighted by Crippen LogP contribution is 2.26. The lowest BCUT2D eigenvalue weighted by molar-refractivity contribution is -0.384. The predicted octanol–water partition coefficient (Wildman–Crippen LogP) is 1.45. The van der Waals surface area contributed by atoms with Gasteiger partial charge in [0.2, 0.25) is 5.91 Å². The second kappa shape index (κ2) is 6.55. The minimum absolute atomic E-state index is 0.0341. The van der Waals surface area contributed by atoms with E-state index in [0.29, 0.717) is 6.54 Å². The molecule has 1 heterocycles. The summed E-state index contributed by atoms with van der Waals surface area (Å²) in [6.07, 6.45) is 1.75. The minimum Gasteiger partial charge on any atom is -0.344 e. The van der Waals surface area contributed by atoms with Crippen molar-refractivity contribution in [1.29, 1.82) is 0 Å². The second-order valence-corrected chi connectivity index (χ2v) is 5.35. The third kappa shape index (κ3) is 3.20. The summed E-state index contributed by atoms with van der Waals surface area (Å²) in [6.45, 7) is 2.18. The zero-order chi connectivity index (χ0) is 17.1. The molecule has 0 radical (unpaired) electrons. The Bertz CT molecular complexity index is 686. The van der Waals surface area contributed by atoms with Gasteiger partial charge in [-0.25, -0.2) is 0 Å². The van der Waals surface area contributed by atoms with Crippen molar-refractivity contribution in [2.75, 3.05) is 20.1 Å². The molecule has 23 heavy (non-hydrogen) atoms. The number of amides is 3. The zero-order valence-electron chi connectivity index (χ0n) is 12.9. The molecule has 0 saturated heterocycles. The molecule has 0 saturated carbocycles. The third-order valence-electron chi connectivity index (χ3n) is 3.73. The number of carbonyl (C=O) groups is 3. The van der Waals surface area contributed by atoms with E-state index < -0.39 is 16.7 Å². The monoisotopic (exact) mass is 319 g/mol. The topological polar surface area (TPSA) is 101 Å². The Labute approximate surface area is 132 Å². The van der Waals surface area contributed by atoms with Crippen molar-refractivity contribution in [1.82, 2.24) is 9.80 Å². The SMILES string of the molecule is CCCCN(C)C(=O)CN1C(=O)c2ccc([N+](=O)[O-])cc2C1=O. The lowest BCUT2D eigenvalue weighted by Gasteiger charge is -2.20. The summed E-state index contributed by atoms with van der Waals surface area (Å²) in [5.41, 5.74) is -0.212. The number of nitro groups is 1. The largest absolute Gasteiger partial charge is 0.344 e. The van der Waals surface area contributed by atoms with Gasteiger partial charge in [-0.1, -0.05) is 13.3 Å². The molecule has 2 rings (SSSR count). The number of hydrogen-bond donors (Lipinski definition) is 0. The second-order valence-electron chi connectivity index (χ2n) is 5.35. The van der Waals surface area contributed by atoms with Crippen LogP contribution in [0.2, 0.25) is 0 Å². The summed E-state index contributed by atoms with van der Waals surface area (Å²) in [5, 5.41) is 10.8. The Morgan fingerprint density at radius 2 is 1.91 bits per heavy atom. The van der Waals surface area contributed by atoms with E-state index in [9.17, 15) is 24.5 Å². The van der Waals surface area contributed by atoms with Gasteiger partial charge in [0.25, 0.3) is 17.5 Å². The van der Waals surface area contributed by atoms with Crippen LogP contribution in [0, 0.1) is 10.1 Å². The normalized spacial score (nSPS) is 13.2. The van der Waals surface area contributed by atoms with E-state index in [1.54, 1.807) is 7.05 Å². The van der Waals surface area contributed by atoms with E-state index in [1.807, 2.05) is 6.92 Å². The molecule has 0 bridgehead atoms. The number of fused-ring (bicyclic) bond motifs is 1. The lowest BCUT2D eigenvalue weighted by atomic mass is 10.1. The van der Waals surface area contributed by atoms with Crippen molar-refractivity contribution in [2.24, 2.45) is 0 Å². The lowest BCUT2D eigenvalue weighted by Crippen LogP contribution is -2.41. The molecule has 0 spiro atoms. The number of benzene rings is 1. The molecule has 0 N–H and O–H groups in total. The average molecular weight is 319 g/mol. The maximum atomic E-state index is 12.3. The molecule has 1 aromatic rings. The molecule has 0 fully saturated rings. The van der Waals surface area contributed by atoms with E-state index in [-0.39, 0.29) is 29.3 Å². The van der Waals surface area contributed by atoms with E-state index in [1.165, 1.54) is 17.0 Å². The van der Waals surface area contributed by atoms with Gasteiger partial charge in [-0.15, -0.1) is 0 Å². The van der Waals surface area contributed by atoms with Gasteiger partial charge in [0.05, 0.1) is 16.1 Å². The number of rotatable bonds is 6. The molecule has 8 nitrogen and oxygen atoms in total. The van der Waals surface area contributed by atoms with Gasteiger partial charge in [-0.3, -0.25) is 29.4 Å². The van der Waals surface area contributed by atoms with Crippen molar-refractivity contribution >= 4 is 23.4 Å². The molecule has 1 aliphatic rings. The Balaban J connectivity index is 2.17. The van der Waals surface area contributed by atoms with Gasteiger partial charge in [0, 0.05) is 25.7 Å². The Hall–Kier alpha value is -2.77. The number of non-ortho nitro benzene ring substituents is 1. The summed E-state index contributed by atoms with van der Waals surface area (Å²) in [4.78, 5) is 49.0. The highest BCUT2D eigenvalue weighted by molar-refractivity contribution is 6.22. The first-order valence-electron chi connectivity index (χ1n) is 7.25. The number of carbonyl (C=O) groups excluding carboxylic acids is 3. The Morgan fingerprint density at radius 1 is 1.26 bits per heavy atom. The van der Waals surface area contributed by atoms with Crippen LogP contribution < -0.4 is 0 Å². The van der Waals surface area contributed by atoms with Gasteiger partial charge < -0.3 is 4.90 Å². The summed E-state index contributed by atoms with van der Waals surface area (Å²) in [6, 6.07) is 3.49. The molecule has 1 aromatic carbocycles. The molecule has 0 unspecified atom stereocenters. The van der Waals surface area contributed by atoms with Crippen LogP contribution in [-0.2, 0) is 4.79 Å². The van der Waals surface area contributed by atoms with Crippen LogP contribution in [0.5, 0.6) is 0 Å². The minimum atomic E-state index is -0.675. The maximum absolute atomic E-state index is 12.3. The van der Waals surface area contributed by atoms with Gasteiger partial charge >= 0.3 is 0 Å². The number of imide groups is 1. The van der Waals surface area contributed by atoms with E-state index in [2.05, 4.69) is 0 Å². The maximum Gasteiger partial charge on any atom is 0.270 e. The van der Waals surface area contributed by atoms with Crippen molar-refractivity contribution in [2.45, 2.75) is 19.8 Å². The number of hydrogen-bond acceptors (Lipinski definition) is 5. The van der Waals surface area contributed by atoms with Crippen molar-refractivity contribution in [3.8, 4) is 0 Å². The number of nitrogens with zero attached hydrogens (tertiary/aromatic N) is 3. The summed E-state index contributed by atoms with van der Waals surface area (Å²) in [5.74, 6) is -1.62. The van der Waals surface area contributed by atoms with Gasteiger partial charge in [-0.2, -0.15) is 0 Å². The van der Waals surface area contributed by atoms with Crippen molar-refractivity contribution in [3.63, 3.8) is 0 Å². The third-order valence-corrected chi connectivity index (χ3v) is 3.73. The molecule has 0 aromatic heterocycles. The van der Waals surface area contributed by atoms with Crippen LogP contribution >= 0.6 is 0 Å². The van der Waals surface area contributed by atoms with Gasteiger partial charge in [-0.05, 0) is 12.5 Å².